The number of hydrogen-bond donors (Lipinski definition) is 0. The number of unbranched alkanes of at least 4 members (excludes halogenated alkanes) is 10. The predicted octanol–water partition coefficient (Wildman–Crippen LogP) is 7.65. The molecule has 0 aliphatic rings. The van der Waals surface area contributed by atoms with Crippen LogP contribution in [0.15, 0.2) is 36.7 Å². The summed E-state index contributed by atoms with van der Waals surface area (Å²) in [6.45, 7) is 2.10. The normalized spacial score (nSPS) is 11.1. The first-order valence-electron chi connectivity index (χ1n) is 11.2. The third-order valence-electron chi connectivity index (χ3n) is 5.32. The van der Waals surface area contributed by atoms with Gasteiger partial charge in [-0.25, -0.2) is 0 Å². The number of hydrogen-bond acceptors (Lipinski definition) is 3. The fourth-order valence-corrected chi connectivity index (χ4v) is 4.11. The molecular weight excluding hydrogens is 360 g/mol. The lowest BCUT2D eigenvalue weighted by Crippen LogP contribution is -1.92. The van der Waals surface area contributed by atoms with E-state index in [1.807, 2.05) is 30.2 Å². The molecule has 154 valence electrons. The molecule has 0 spiro atoms. The molecule has 0 radical (unpaired) electrons. The molecule has 2 rings (SSSR count). The van der Waals surface area contributed by atoms with Gasteiger partial charge in [0.05, 0.1) is 11.4 Å². The Morgan fingerprint density at radius 1 is 0.679 bits per heavy atom. The Morgan fingerprint density at radius 2 is 1.21 bits per heavy atom. The van der Waals surface area contributed by atoms with Crippen LogP contribution in [-0.2, 0) is 6.42 Å². The molecule has 0 unspecified atom stereocenters. The number of pyridine rings is 2. The van der Waals surface area contributed by atoms with Crippen molar-refractivity contribution >= 4 is 11.8 Å². The van der Waals surface area contributed by atoms with Crippen LogP contribution in [0.3, 0.4) is 0 Å². The van der Waals surface area contributed by atoms with E-state index in [0.717, 1.165) is 17.8 Å². The van der Waals surface area contributed by atoms with E-state index >= 15 is 0 Å². The summed E-state index contributed by atoms with van der Waals surface area (Å²) in [6.07, 6.45) is 22.5. The summed E-state index contributed by atoms with van der Waals surface area (Å²) in [7, 11) is 0. The minimum atomic E-state index is 0.978. The highest BCUT2D eigenvalue weighted by molar-refractivity contribution is 7.98. The second-order valence-electron chi connectivity index (χ2n) is 7.90. The van der Waals surface area contributed by atoms with E-state index in [4.69, 9.17) is 0 Å². The van der Waals surface area contributed by atoms with Crippen molar-refractivity contribution in [1.82, 2.24) is 9.97 Å². The highest BCUT2D eigenvalue weighted by atomic mass is 32.2. The second kappa shape index (κ2) is 14.6. The number of aromatic nitrogens is 2. The maximum absolute atomic E-state index is 4.50. The number of nitrogens with zero attached hydrogens (tertiary/aromatic N) is 2. The van der Waals surface area contributed by atoms with E-state index in [2.05, 4.69) is 41.3 Å². The summed E-state index contributed by atoms with van der Waals surface area (Å²) in [5.41, 5.74) is 4.59. The molecule has 0 saturated carbocycles. The summed E-state index contributed by atoms with van der Waals surface area (Å²) < 4.78 is 0. The first-order chi connectivity index (χ1) is 13.8. The molecule has 3 heteroatoms. The maximum atomic E-state index is 4.50. The molecule has 0 saturated heterocycles. The predicted molar refractivity (Wildman–Crippen MR) is 125 cm³/mol. The van der Waals surface area contributed by atoms with E-state index in [0.29, 0.717) is 0 Å². The monoisotopic (exact) mass is 398 g/mol. The smallest absolute Gasteiger partial charge is 0.0888 e. The molecule has 0 amide bonds. The number of thioether (sulfide) groups is 1. The molecule has 2 aromatic heterocycles. The van der Waals surface area contributed by atoms with Crippen molar-refractivity contribution in [2.75, 3.05) is 12.0 Å². The van der Waals surface area contributed by atoms with Crippen LogP contribution in [0.5, 0.6) is 0 Å². The molecule has 0 atom stereocenters. The van der Waals surface area contributed by atoms with Gasteiger partial charge < -0.3 is 0 Å². The minimum absolute atomic E-state index is 0.978. The van der Waals surface area contributed by atoms with E-state index in [1.165, 1.54) is 87.5 Å². The summed E-state index contributed by atoms with van der Waals surface area (Å²) in [5, 5.41) is 0. The SMILES string of the molecule is CSCCCCCCCCCCCCCc1ccnc(-c2cc(C)ccn2)c1. The third kappa shape index (κ3) is 9.73. The average molecular weight is 399 g/mol. The molecule has 0 aliphatic heterocycles. The molecule has 28 heavy (non-hydrogen) atoms. The lowest BCUT2D eigenvalue weighted by atomic mass is 10.0. The third-order valence-corrected chi connectivity index (χ3v) is 6.01. The fraction of sp³-hybridized carbons (Fsp3) is 0.600. The molecule has 0 aromatic carbocycles. The van der Waals surface area contributed by atoms with Crippen LogP contribution in [0.2, 0.25) is 0 Å². The summed E-state index contributed by atoms with van der Waals surface area (Å²) in [4.78, 5) is 8.96. The van der Waals surface area contributed by atoms with Gasteiger partial charge in [-0.1, -0.05) is 57.8 Å². The zero-order chi connectivity index (χ0) is 19.9. The highest BCUT2D eigenvalue weighted by Crippen LogP contribution is 2.18. The highest BCUT2D eigenvalue weighted by Gasteiger charge is 2.03. The Bertz CT molecular complexity index is 657. The minimum Gasteiger partial charge on any atom is -0.255 e. The van der Waals surface area contributed by atoms with Crippen LogP contribution in [0.4, 0.5) is 0 Å². The van der Waals surface area contributed by atoms with Crippen molar-refractivity contribution in [2.45, 2.75) is 84.0 Å². The van der Waals surface area contributed by atoms with Crippen LogP contribution < -0.4 is 0 Å². The van der Waals surface area contributed by atoms with Crippen molar-refractivity contribution in [2.24, 2.45) is 0 Å². The Morgan fingerprint density at radius 3 is 1.82 bits per heavy atom. The second-order valence-corrected chi connectivity index (χ2v) is 8.89. The van der Waals surface area contributed by atoms with E-state index in [1.54, 1.807) is 0 Å². The largest absolute Gasteiger partial charge is 0.255 e. The van der Waals surface area contributed by atoms with E-state index in [9.17, 15) is 0 Å². The van der Waals surface area contributed by atoms with Gasteiger partial charge >= 0.3 is 0 Å². The molecule has 2 aromatic rings. The van der Waals surface area contributed by atoms with Crippen LogP contribution in [0.1, 0.15) is 81.8 Å². The zero-order valence-corrected chi connectivity index (χ0v) is 18.8. The van der Waals surface area contributed by atoms with Gasteiger partial charge in [0.2, 0.25) is 0 Å². The van der Waals surface area contributed by atoms with Crippen LogP contribution in [-0.4, -0.2) is 22.0 Å². The zero-order valence-electron chi connectivity index (χ0n) is 18.0. The van der Waals surface area contributed by atoms with Gasteiger partial charge in [0.15, 0.2) is 0 Å². The first kappa shape index (κ1) is 22.9. The topological polar surface area (TPSA) is 25.8 Å². The van der Waals surface area contributed by atoms with Crippen molar-refractivity contribution < 1.29 is 0 Å². The summed E-state index contributed by atoms with van der Waals surface area (Å²) >= 11 is 1.98. The maximum Gasteiger partial charge on any atom is 0.0888 e. The van der Waals surface area contributed by atoms with Crippen LogP contribution in [0, 0.1) is 6.92 Å². The lowest BCUT2D eigenvalue weighted by molar-refractivity contribution is 0.550. The Hall–Kier alpha value is -1.35. The van der Waals surface area contributed by atoms with Crippen molar-refractivity contribution in [3.05, 3.63) is 47.8 Å². The summed E-state index contributed by atoms with van der Waals surface area (Å²) in [5.74, 6) is 1.34. The quantitative estimate of drug-likeness (QED) is 0.288. The summed E-state index contributed by atoms with van der Waals surface area (Å²) in [6, 6.07) is 8.50. The van der Waals surface area contributed by atoms with Crippen molar-refractivity contribution in [1.29, 1.82) is 0 Å². The molecule has 0 fully saturated rings. The standard InChI is InChI=1S/C25H38N2S/c1-22-15-17-26-24(20-22)25-21-23(16-18-27-25)14-12-10-8-6-4-3-5-7-9-11-13-19-28-2/h15-18,20-21H,3-14,19H2,1-2H3. The van der Waals surface area contributed by atoms with Gasteiger partial charge in [-0.15, -0.1) is 0 Å². The van der Waals surface area contributed by atoms with E-state index in [-0.39, 0.29) is 0 Å². The average Bonchev–Trinajstić information content (AvgIpc) is 2.72. The van der Waals surface area contributed by atoms with Gasteiger partial charge in [0, 0.05) is 12.4 Å². The van der Waals surface area contributed by atoms with Gasteiger partial charge in [0.1, 0.15) is 0 Å². The number of aryl methyl sites for hydroxylation is 2. The van der Waals surface area contributed by atoms with Gasteiger partial charge in [0.25, 0.3) is 0 Å². The van der Waals surface area contributed by atoms with Gasteiger partial charge in [-0.3, -0.25) is 9.97 Å². The number of rotatable bonds is 15. The molecule has 2 heterocycles. The van der Waals surface area contributed by atoms with Crippen molar-refractivity contribution in [3.63, 3.8) is 0 Å². The molecular formula is C25H38N2S. The van der Waals surface area contributed by atoms with E-state index < -0.39 is 0 Å². The van der Waals surface area contributed by atoms with Crippen molar-refractivity contribution in [3.8, 4) is 11.4 Å². The molecule has 0 bridgehead atoms. The Balaban J connectivity index is 1.52. The van der Waals surface area contributed by atoms with Crippen LogP contribution in [0.25, 0.3) is 11.4 Å². The molecule has 0 aliphatic carbocycles. The van der Waals surface area contributed by atoms with Crippen LogP contribution >= 0.6 is 11.8 Å². The first-order valence-corrected chi connectivity index (χ1v) is 12.6. The molecule has 2 nitrogen and oxygen atoms in total. The molecule has 0 N–H and O–H groups in total. The van der Waals surface area contributed by atoms with Gasteiger partial charge in [-0.2, -0.15) is 11.8 Å². The fourth-order valence-electron chi connectivity index (χ4n) is 3.61. The Kier molecular flexibility index (Phi) is 12.0. The Labute approximate surface area is 177 Å². The lowest BCUT2D eigenvalue weighted by Gasteiger charge is -2.06. The van der Waals surface area contributed by atoms with Gasteiger partial charge in [-0.05, 0) is 73.6 Å².